The van der Waals surface area contributed by atoms with Gasteiger partial charge in [0.05, 0.1) is 5.52 Å². The molecule has 0 aliphatic rings. The van der Waals surface area contributed by atoms with Crippen LogP contribution in [0.2, 0.25) is 0 Å². The average molecular weight is 265 g/mol. The molecule has 0 saturated carbocycles. The number of hydrogen-bond donors (Lipinski definition) is 1. The summed E-state index contributed by atoms with van der Waals surface area (Å²) >= 11 is 0. The van der Waals surface area contributed by atoms with Gasteiger partial charge in [-0.15, -0.1) is 0 Å². The summed E-state index contributed by atoms with van der Waals surface area (Å²) in [7, 11) is 1.76. The molecule has 1 N–H and O–H groups in total. The summed E-state index contributed by atoms with van der Waals surface area (Å²) in [6, 6.07) is 4.73. The zero-order valence-corrected chi connectivity index (χ0v) is 10.9. The Bertz CT molecular complexity index is 609. The van der Waals surface area contributed by atoms with Crippen molar-refractivity contribution in [1.29, 1.82) is 0 Å². The van der Waals surface area contributed by atoms with Crippen LogP contribution in [-0.4, -0.2) is 33.7 Å². The van der Waals surface area contributed by atoms with E-state index in [2.05, 4.69) is 4.98 Å². The molecule has 6 heteroatoms. The predicted molar refractivity (Wildman–Crippen MR) is 70.8 cm³/mol. The van der Waals surface area contributed by atoms with Crippen LogP contribution in [0.1, 0.15) is 13.3 Å². The van der Waals surface area contributed by atoms with Crippen molar-refractivity contribution in [3.05, 3.63) is 24.0 Å². The number of carbonyl (C=O) groups is 1. The summed E-state index contributed by atoms with van der Waals surface area (Å²) in [6.45, 7) is 2.37. The van der Waals surface area contributed by atoms with Crippen LogP contribution >= 0.6 is 0 Å². The maximum Gasteiger partial charge on any atom is 0.323 e. The molecule has 0 radical (unpaired) electrons. The monoisotopic (exact) mass is 265 g/mol. The van der Waals surface area contributed by atoms with Crippen LogP contribution in [0.25, 0.3) is 11.0 Å². The molecular weight excluding hydrogens is 249 g/mol. The van der Waals surface area contributed by atoms with E-state index in [9.17, 15) is 9.18 Å². The minimum absolute atomic E-state index is 0.146. The van der Waals surface area contributed by atoms with Crippen LogP contribution in [0, 0.1) is 5.82 Å². The number of carboxylic acids is 1. The van der Waals surface area contributed by atoms with Gasteiger partial charge in [-0.05, 0) is 18.6 Å². The van der Waals surface area contributed by atoms with Crippen molar-refractivity contribution < 1.29 is 14.3 Å². The number of aromatic nitrogens is 2. The molecule has 0 spiro atoms. The lowest BCUT2D eigenvalue weighted by atomic mass is 10.3. The van der Waals surface area contributed by atoms with Crippen LogP contribution in [0.15, 0.2) is 18.2 Å². The van der Waals surface area contributed by atoms with E-state index >= 15 is 0 Å². The largest absolute Gasteiger partial charge is 0.480 e. The fourth-order valence-electron chi connectivity index (χ4n) is 2.13. The fourth-order valence-corrected chi connectivity index (χ4v) is 2.13. The van der Waals surface area contributed by atoms with E-state index in [0.717, 1.165) is 6.42 Å². The fraction of sp³-hybridized carbons (Fsp3) is 0.385. The second-order valence-electron chi connectivity index (χ2n) is 4.39. The maximum absolute atomic E-state index is 13.7. The standard InChI is InChI=1S/C13H16FN3O2/c1-3-7-17(8-11(18)19)13-15-12-9(14)5-4-6-10(12)16(13)2/h4-6H,3,7-8H2,1-2H3,(H,18,19). The molecule has 0 aliphatic carbocycles. The van der Waals surface area contributed by atoms with E-state index in [-0.39, 0.29) is 12.1 Å². The van der Waals surface area contributed by atoms with Crippen molar-refractivity contribution in [2.75, 3.05) is 18.0 Å². The van der Waals surface area contributed by atoms with Crippen molar-refractivity contribution >= 4 is 23.0 Å². The lowest BCUT2D eigenvalue weighted by Gasteiger charge is -2.20. The second-order valence-corrected chi connectivity index (χ2v) is 4.39. The Balaban J connectivity index is 2.50. The van der Waals surface area contributed by atoms with Gasteiger partial charge < -0.3 is 14.6 Å². The SMILES string of the molecule is CCCN(CC(=O)O)c1nc2c(F)cccc2n1C. The Morgan fingerprint density at radius 3 is 2.84 bits per heavy atom. The number of nitrogens with zero attached hydrogens (tertiary/aromatic N) is 3. The van der Waals surface area contributed by atoms with Crippen LogP contribution in [0.4, 0.5) is 10.3 Å². The van der Waals surface area contributed by atoms with E-state index in [1.165, 1.54) is 6.07 Å². The number of halogens is 1. The smallest absolute Gasteiger partial charge is 0.323 e. The Hall–Kier alpha value is -2.11. The molecule has 0 aliphatic heterocycles. The Kier molecular flexibility index (Phi) is 3.69. The topological polar surface area (TPSA) is 58.4 Å². The van der Waals surface area contributed by atoms with Gasteiger partial charge in [0.2, 0.25) is 5.95 Å². The van der Waals surface area contributed by atoms with Gasteiger partial charge in [-0.3, -0.25) is 4.79 Å². The van der Waals surface area contributed by atoms with Crippen LogP contribution in [0.5, 0.6) is 0 Å². The van der Waals surface area contributed by atoms with Crippen LogP contribution in [0.3, 0.4) is 0 Å². The lowest BCUT2D eigenvalue weighted by molar-refractivity contribution is -0.135. The van der Waals surface area contributed by atoms with Gasteiger partial charge in [0.1, 0.15) is 12.1 Å². The molecular formula is C13H16FN3O2. The highest BCUT2D eigenvalue weighted by Gasteiger charge is 2.18. The van der Waals surface area contributed by atoms with Gasteiger partial charge in [0.15, 0.2) is 5.82 Å². The van der Waals surface area contributed by atoms with Crippen molar-refractivity contribution in [2.45, 2.75) is 13.3 Å². The molecule has 1 heterocycles. The van der Waals surface area contributed by atoms with E-state index in [4.69, 9.17) is 5.11 Å². The van der Waals surface area contributed by atoms with E-state index in [1.807, 2.05) is 6.92 Å². The minimum atomic E-state index is -0.930. The third kappa shape index (κ3) is 2.52. The number of aryl methyl sites for hydroxylation is 1. The normalized spacial score (nSPS) is 10.9. The number of para-hydroxylation sites is 1. The maximum atomic E-state index is 13.7. The van der Waals surface area contributed by atoms with Gasteiger partial charge in [0, 0.05) is 13.6 Å². The Morgan fingerprint density at radius 2 is 2.26 bits per heavy atom. The molecule has 1 aromatic heterocycles. The quantitative estimate of drug-likeness (QED) is 0.898. The molecule has 19 heavy (non-hydrogen) atoms. The molecule has 0 atom stereocenters. The summed E-state index contributed by atoms with van der Waals surface area (Å²) < 4.78 is 15.4. The van der Waals surface area contributed by atoms with Gasteiger partial charge >= 0.3 is 5.97 Å². The van der Waals surface area contributed by atoms with Crippen LogP contribution < -0.4 is 4.90 Å². The van der Waals surface area contributed by atoms with Crippen molar-refractivity contribution in [1.82, 2.24) is 9.55 Å². The van der Waals surface area contributed by atoms with Crippen LogP contribution in [-0.2, 0) is 11.8 Å². The van der Waals surface area contributed by atoms with Gasteiger partial charge in [-0.1, -0.05) is 13.0 Å². The first kappa shape index (κ1) is 13.3. The van der Waals surface area contributed by atoms with Crippen molar-refractivity contribution in [2.24, 2.45) is 7.05 Å². The number of rotatable bonds is 5. The van der Waals surface area contributed by atoms with Gasteiger partial charge in [0.25, 0.3) is 0 Å². The number of anilines is 1. The van der Waals surface area contributed by atoms with Crippen molar-refractivity contribution in [3.63, 3.8) is 0 Å². The highest BCUT2D eigenvalue weighted by atomic mass is 19.1. The zero-order valence-electron chi connectivity index (χ0n) is 10.9. The Morgan fingerprint density at radius 1 is 1.53 bits per heavy atom. The predicted octanol–water partition coefficient (Wildman–Crippen LogP) is 2.01. The highest BCUT2D eigenvalue weighted by molar-refractivity contribution is 5.80. The second kappa shape index (κ2) is 5.26. The average Bonchev–Trinajstić information content (AvgIpc) is 2.68. The summed E-state index contributed by atoms with van der Waals surface area (Å²) in [4.78, 5) is 16.8. The molecule has 1 aromatic carbocycles. The molecule has 2 aromatic rings. The minimum Gasteiger partial charge on any atom is -0.480 e. The van der Waals surface area contributed by atoms with Gasteiger partial charge in [-0.2, -0.15) is 0 Å². The number of imidazole rings is 1. The van der Waals surface area contributed by atoms with E-state index < -0.39 is 11.8 Å². The molecule has 0 amide bonds. The first-order valence-electron chi connectivity index (χ1n) is 6.12. The van der Waals surface area contributed by atoms with Gasteiger partial charge in [-0.25, -0.2) is 9.37 Å². The lowest BCUT2D eigenvalue weighted by Crippen LogP contribution is -2.32. The molecule has 0 saturated heterocycles. The first-order valence-corrected chi connectivity index (χ1v) is 6.12. The molecule has 102 valence electrons. The number of hydrogen-bond acceptors (Lipinski definition) is 3. The molecule has 2 rings (SSSR count). The third-order valence-corrected chi connectivity index (χ3v) is 2.94. The highest BCUT2D eigenvalue weighted by Crippen LogP contribution is 2.23. The summed E-state index contributed by atoms with van der Waals surface area (Å²) in [5.41, 5.74) is 0.924. The molecule has 0 fully saturated rings. The number of carboxylic acid groups (broad SMARTS) is 1. The number of benzene rings is 1. The van der Waals surface area contributed by atoms with E-state index in [1.54, 1.807) is 28.6 Å². The number of aliphatic carboxylic acids is 1. The zero-order chi connectivity index (χ0) is 14.0. The summed E-state index contributed by atoms with van der Waals surface area (Å²) in [6.07, 6.45) is 0.791. The molecule has 0 unspecified atom stereocenters. The Labute approximate surface area is 110 Å². The molecule has 0 bridgehead atoms. The summed E-state index contributed by atoms with van der Waals surface area (Å²) in [5, 5.41) is 8.94. The van der Waals surface area contributed by atoms with E-state index in [0.29, 0.717) is 18.0 Å². The summed E-state index contributed by atoms with van der Waals surface area (Å²) in [5.74, 6) is -0.851. The van der Waals surface area contributed by atoms with Crippen molar-refractivity contribution in [3.8, 4) is 0 Å². The number of fused-ring (bicyclic) bond motifs is 1. The molecule has 5 nitrogen and oxygen atoms in total. The third-order valence-electron chi connectivity index (χ3n) is 2.94. The first-order chi connectivity index (χ1) is 9.04.